The molecular formula is C47H77KN6O12S2. The predicted octanol–water partition coefficient (Wildman–Crippen LogP) is 1.38. The largest absolute Gasteiger partial charge is 1.00 e. The summed E-state index contributed by atoms with van der Waals surface area (Å²) < 4.78 is 21.6. The van der Waals surface area contributed by atoms with E-state index in [-0.39, 0.29) is 170 Å². The molecule has 1 aromatic rings. The van der Waals surface area contributed by atoms with Crippen LogP contribution in [0.4, 0.5) is 0 Å². The van der Waals surface area contributed by atoms with Gasteiger partial charge >= 0.3 is 51.4 Å². The summed E-state index contributed by atoms with van der Waals surface area (Å²) in [6.07, 6.45) is 12.6. The van der Waals surface area contributed by atoms with Crippen molar-refractivity contribution in [2.24, 2.45) is 17.6 Å². The molecule has 1 saturated heterocycles. The molecule has 0 radical (unpaired) electrons. The van der Waals surface area contributed by atoms with E-state index in [1.165, 1.54) is 78.7 Å². The Bertz CT molecular complexity index is 1600. The zero-order valence-electron chi connectivity index (χ0n) is 40.5. The second-order valence-corrected chi connectivity index (χ2v) is 19.2. The molecule has 68 heavy (non-hydrogen) atoms. The number of ether oxygens (including phenoxy) is 4. The van der Waals surface area contributed by atoms with Crippen LogP contribution in [0.3, 0.4) is 0 Å². The van der Waals surface area contributed by atoms with E-state index < -0.39 is 35.7 Å². The van der Waals surface area contributed by atoms with Crippen LogP contribution in [0.2, 0.25) is 0 Å². The third-order valence-electron chi connectivity index (χ3n) is 10.9. The molecule has 1 heterocycles. The Morgan fingerprint density at radius 1 is 0.735 bits per heavy atom. The number of ketones is 2. The Morgan fingerprint density at radius 2 is 1.28 bits per heavy atom. The molecule has 1 aliphatic rings. The summed E-state index contributed by atoms with van der Waals surface area (Å²) in [5, 5.41) is 20.6. The predicted molar refractivity (Wildman–Crippen MR) is 260 cm³/mol. The number of nitrogens with one attached hydrogen (secondary N) is 5. The molecule has 5 amide bonds. The minimum absolute atomic E-state index is 0. The summed E-state index contributed by atoms with van der Waals surface area (Å²) in [5.41, 5.74) is 14.6. The summed E-state index contributed by atoms with van der Waals surface area (Å²) in [5.74, 6) is -3.46. The average molecular weight is 1020 g/mol. The van der Waals surface area contributed by atoms with E-state index in [9.17, 15) is 38.7 Å². The summed E-state index contributed by atoms with van der Waals surface area (Å²) in [7, 11) is 2.59. The first kappa shape index (κ1) is 63.9. The van der Waals surface area contributed by atoms with Gasteiger partial charge in [0.05, 0.1) is 45.7 Å². The Labute approximate surface area is 453 Å². The number of benzene rings is 1. The molecule has 0 aliphatic carbocycles. The Hall–Kier alpha value is -2.15. The van der Waals surface area contributed by atoms with Crippen LogP contribution in [0.1, 0.15) is 109 Å². The van der Waals surface area contributed by atoms with E-state index in [0.29, 0.717) is 45.6 Å². The molecule has 0 bridgehead atoms. The molecule has 0 spiro atoms. The first-order valence-corrected chi connectivity index (χ1v) is 26.4. The van der Waals surface area contributed by atoms with Crippen LogP contribution in [0.25, 0.3) is 5.73 Å². The monoisotopic (exact) mass is 1020 g/mol. The van der Waals surface area contributed by atoms with Crippen molar-refractivity contribution in [1.29, 1.82) is 0 Å². The van der Waals surface area contributed by atoms with Gasteiger partial charge in [-0.05, 0) is 61.6 Å². The Morgan fingerprint density at radius 3 is 1.88 bits per heavy atom. The van der Waals surface area contributed by atoms with Gasteiger partial charge in [0.2, 0.25) is 29.5 Å². The van der Waals surface area contributed by atoms with Gasteiger partial charge in [0.1, 0.15) is 24.7 Å². The number of aromatic hydroxyl groups is 1. The number of hydrogen-bond donors (Lipinski definition) is 6. The van der Waals surface area contributed by atoms with E-state index in [1.54, 1.807) is 12.1 Å². The topological polar surface area (TPSA) is 275 Å². The van der Waals surface area contributed by atoms with Crippen molar-refractivity contribution in [1.82, 2.24) is 21.3 Å². The molecule has 0 aromatic heterocycles. The molecule has 1 aliphatic heterocycles. The van der Waals surface area contributed by atoms with Crippen LogP contribution < -0.4 is 78.4 Å². The van der Waals surface area contributed by atoms with Crippen molar-refractivity contribution in [3.63, 3.8) is 0 Å². The summed E-state index contributed by atoms with van der Waals surface area (Å²) in [6, 6.07) is 4.25. The van der Waals surface area contributed by atoms with E-state index in [2.05, 4.69) is 28.2 Å². The van der Waals surface area contributed by atoms with Crippen LogP contribution in [-0.4, -0.2) is 142 Å². The maximum absolute atomic E-state index is 13.5. The van der Waals surface area contributed by atoms with Gasteiger partial charge in [0, 0.05) is 56.5 Å². The van der Waals surface area contributed by atoms with Gasteiger partial charge in [-0.15, -0.1) is 0 Å². The van der Waals surface area contributed by atoms with E-state index in [4.69, 9.17) is 30.4 Å². The molecule has 18 nitrogen and oxygen atoms in total. The van der Waals surface area contributed by atoms with Crippen molar-refractivity contribution in [2.75, 3.05) is 84.0 Å². The number of unbranched alkanes of at least 4 members (excludes halogenated alkanes) is 9. The fourth-order valence-corrected chi connectivity index (χ4v) is 9.37. The molecule has 4 atom stereocenters. The van der Waals surface area contributed by atoms with Gasteiger partial charge in [0.15, 0.2) is 5.78 Å². The van der Waals surface area contributed by atoms with Crippen LogP contribution >= 0.6 is 21.6 Å². The second kappa shape index (κ2) is 41.5. The third kappa shape index (κ3) is 32.7. The normalized spacial score (nSPS) is 16.9. The number of carbonyl (C=O) groups excluding carboxylic acids is 7. The molecule has 21 heteroatoms. The number of phenols is 1. The summed E-state index contributed by atoms with van der Waals surface area (Å²) in [4.78, 5) is 88.3. The van der Waals surface area contributed by atoms with Crippen LogP contribution in [0, 0.1) is 11.8 Å². The maximum Gasteiger partial charge on any atom is 1.00 e. The van der Waals surface area contributed by atoms with E-state index in [0.717, 1.165) is 18.4 Å². The van der Waals surface area contributed by atoms with Crippen molar-refractivity contribution in [2.45, 2.75) is 122 Å². The average Bonchev–Trinajstić information content (AvgIpc) is 3.32. The van der Waals surface area contributed by atoms with Gasteiger partial charge in [-0.2, -0.15) is 0 Å². The van der Waals surface area contributed by atoms with Crippen LogP contribution in [0.5, 0.6) is 5.75 Å². The summed E-state index contributed by atoms with van der Waals surface area (Å²) in [6.45, 7) is 4.47. The third-order valence-corrected chi connectivity index (χ3v) is 13.4. The maximum atomic E-state index is 13.5. The van der Waals surface area contributed by atoms with Crippen LogP contribution in [-0.2, 0) is 58.9 Å². The number of nitrogens with two attached hydrogens (primary N) is 1. The number of rotatable bonds is 37. The molecule has 380 valence electrons. The number of carbonyl (C=O) groups is 7. The Balaban J connectivity index is 0.0000231. The van der Waals surface area contributed by atoms with Crippen molar-refractivity contribution in [3.8, 4) is 5.75 Å². The second-order valence-electron chi connectivity index (χ2n) is 16.6. The minimum Gasteiger partial charge on any atom is -0.666 e. The van der Waals surface area contributed by atoms with E-state index in [1.807, 2.05) is 0 Å². The SMILES string of the molecule is CCCCCCCCCCCC(=O)NCCOCCOCC(=O)NCCOCCOCC(=O)NCCCC[C@@H]1NC(=O)[C@@H]([NH-])CSSC[C@@H](C(=O)C[C@@H](Cc2ccc(O)cc2)C(N)=O)CC1=O.[K+]. The summed E-state index contributed by atoms with van der Waals surface area (Å²) >= 11 is 0. The number of primary amides is 1. The van der Waals surface area contributed by atoms with Gasteiger partial charge < -0.3 is 56.8 Å². The van der Waals surface area contributed by atoms with Gasteiger partial charge in [0.25, 0.3) is 0 Å². The van der Waals surface area contributed by atoms with Gasteiger partial charge in [-0.25, -0.2) is 0 Å². The van der Waals surface area contributed by atoms with Crippen molar-refractivity contribution in [3.05, 3.63) is 35.6 Å². The minimum atomic E-state index is -1.10. The first-order valence-electron chi connectivity index (χ1n) is 23.9. The molecule has 1 aromatic carbocycles. The standard InChI is InChI=1S/C47H77N6O12S2.K/c1-2-3-4-5-6-7-8-9-10-14-43(57)51-20-22-62-24-27-65-32-45(59)52-21-23-63-25-26-64-31-44(58)50-19-12-11-13-40-42(56)30-37(33-66-67-34-39(48)47(61)53-40)41(55)29-36(46(49)60)28-35-15-17-38(54)18-16-35;/h15-18,36-37,39-40,48,54H,2-14,19-34H2,1H3,(H2,49,60)(H,50,58)(H,51,57)(H,52,59)(H,53,61);/q-1;+1/t36-,37+,39+,40+;/m1./s1. The zero-order valence-corrected chi connectivity index (χ0v) is 45.2. The van der Waals surface area contributed by atoms with Gasteiger partial charge in [-0.3, -0.25) is 33.6 Å². The van der Waals surface area contributed by atoms with Crippen molar-refractivity contribution >= 4 is 62.7 Å². The molecular weight excluding hydrogens is 944 g/mol. The number of amides is 5. The fourth-order valence-electron chi connectivity index (χ4n) is 6.94. The van der Waals surface area contributed by atoms with Gasteiger partial charge in [-0.1, -0.05) is 92.0 Å². The number of phenolic OH excluding ortho intramolecular Hbond substituents is 1. The van der Waals surface area contributed by atoms with Crippen LogP contribution in [0.15, 0.2) is 24.3 Å². The smallest absolute Gasteiger partial charge is 0.666 e. The number of hydrogen-bond acceptors (Lipinski definition) is 14. The quantitative estimate of drug-likeness (QED) is 0.0313. The Kier molecular flexibility index (Phi) is 38.9. The van der Waals surface area contributed by atoms with Crippen molar-refractivity contribution < 1.29 is 109 Å². The molecule has 2 rings (SSSR count). The zero-order chi connectivity index (χ0) is 48.9. The van der Waals surface area contributed by atoms with E-state index >= 15 is 0 Å². The fraction of sp³-hybridized carbons (Fsp3) is 0.723. The molecule has 0 unspecified atom stereocenters. The molecule has 1 fully saturated rings. The first-order chi connectivity index (χ1) is 32.4. The molecule has 0 saturated carbocycles. The molecule has 8 N–H and O–H groups in total. The number of Topliss-reactive ketones (excluding diaryl/α,β-unsaturated/α-hetero) is 2.